The highest BCUT2D eigenvalue weighted by atomic mass is 35.5. The lowest BCUT2D eigenvalue weighted by Crippen LogP contribution is -2.21. The van der Waals surface area contributed by atoms with Gasteiger partial charge < -0.3 is 19.9 Å². The van der Waals surface area contributed by atoms with Crippen molar-refractivity contribution in [2.75, 3.05) is 6.79 Å². The van der Waals surface area contributed by atoms with Crippen LogP contribution in [0.1, 0.15) is 17.0 Å². The first-order valence-corrected chi connectivity index (χ1v) is 8.85. The minimum Gasteiger partial charge on any atom is -0.454 e. The molecule has 3 heterocycles. The molecule has 0 saturated carbocycles. The average molecular weight is 393 g/mol. The average Bonchev–Trinajstić information content (AvgIpc) is 3.33. The van der Waals surface area contributed by atoms with Gasteiger partial charge in [-0.05, 0) is 29.8 Å². The molecule has 0 unspecified atom stereocenters. The van der Waals surface area contributed by atoms with Gasteiger partial charge in [0.2, 0.25) is 18.6 Å². The predicted molar refractivity (Wildman–Crippen MR) is 101 cm³/mol. The molecule has 8 heteroatoms. The van der Waals surface area contributed by atoms with Gasteiger partial charge in [-0.3, -0.25) is 5.10 Å². The number of halogens is 1. The van der Waals surface area contributed by atoms with Crippen molar-refractivity contribution in [2.45, 2.75) is 5.92 Å². The van der Waals surface area contributed by atoms with Gasteiger partial charge in [0.05, 0.1) is 17.2 Å². The predicted octanol–water partition coefficient (Wildman–Crippen LogP) is 3.68. The number of hydrogen-bond acceptors (Lipinski definition) is 6. The smallest absolute Gasteiger partial charge is 0.244 e. The number of rotatable bonds is 2. The van der Waals surface area contributed by atoms with Crippen molar-refractivity contribution in [2.24, 2.45) is 5.73 Å². The zero-order valence-electron chi connectivity index (χ0n) is 14.4. The van der Waals surface area contributed by atoms with E-state index in [1.807, 2.05) is 30.3 Å². The molecular formula is C20H13ClN4O3. The number of fused-ring (bicyclic) bond motifs is 2. The molecule has 7 nitrogen and oxygen atoms in total. The number of allylic oxidation sites excluding steroid dienone is 1. The third-order valence-corrected chi connectivity index (χ3v) is 5.05. The Bertz CT molecular complexity index is 1160. The van der Waals surface area contributed by atoms with Crippen LogP contribution >= 0.6 is 11.6 Å². The van der Waals surface area contributed by atoms with E-state index in [2.05, 4.69) is 16.3 Å². The van der Waals surface area contributed by atoms with Crippen LogP contribution < -0.4 is 19.9 Å². The van der Waals surface area contributed by atoms with E-state index >= 15 is 0 Å². The van der Waals surface area contributed by atoms with Crippen molar-refractivity contribution in [3.63, 3.8) is 0 Å². The maximum absolute atomic E-state index is 9.78. The Hall–Kier alpha value is -3.63. The summed E-state index contributed by atoms with van der Waals surface area (Å²) in [5.74, 6) is 1.19. The van der Waals surface area contributed by atoms with E-state index in [-0.39, 0.29) is 12.7 Å². The summed E-state index contributed by atoms with van der Waals surface area (Å²) in [7, 11) is 0. The standard InChI is InChI=1S/C20H13ClN4O3/c21-12-4-1-10(2-5-12)18-17-16(11-3-6-14-15(7-11)27-9-26-14)13(8-22)19(23)28-20(17)25-24-18/h1-7,16H,9,23H2,(H,24,25)/t16-/m0/s1. The number of nitriles is 1. The van der Waals surface area contributed by atoms with Crippen LogP contribution in [0, 0.1) is 11.3 Å². The summed E-state index contributed by atoms with van der Waals surface area (Å²) in [6.45, 7) is 0.169. The molecular weight excluding hydrogens is 380 g/mol. The first-order valence-electron chi connectivity index (χ1n) is 8.47. The van der Waals surface area contributed by atoms with Crippen LogP contribution in [0.2, 0.25) is 5.02 Å². The molecule has 2 aliphatic heterocycles. The Balaban J connectivity index is 1.71. The van der Waals surface area contributed by atoms with Gasteiger partial charge in [0.1, 0.15) is 11.6 Å². The fourth-order valence-corrected chi connectivity index (χ4v) is 3.63. The van der Waals surface area contributed by atoms with E-state index in [1.54, 1.807) is 12.1 Å². The highest BCUT2D eigenvalue weighted by molar-refractivity contribution is 6.30. The van der Waals surface area contributed by atoms with Gasteiger partial charge in [-0.2, -0.15) is 5.26 Å². The number of benzene rings is 2. The monoisotopic (exact) mass is 392 g/mol. The topological polar surface area (TPSA) is 106 Å². The molecule has 0 bridgehead atoms. The van der Waals surface area contributed by atoms with Crippen LogP contribution in [0.5, 0.6) is 17.4 Å². The number of nitrogens with one attached hydrogen (secondary N) is 1. The number of nitrogens with zero attached hydrogens (tertiary/aromatic N) is 2. The Morgan fingerprint density at radius 1 is 1.14 bits per heavy atom. The van der Waals surface area contributed by atoms with Gasteiger partial charge in [-0.25, -0.2) is 0 Å². The molecule has 0 saturated heterocycles. The second-order valence-corrected chi connectivity index (χ2v) is 6.80. The number of ether oxygens (including phenoxy) is 3. The van der Waals surface area contributed by atoms with Crippen molar-refractivity contribution in [3.8, 4) is 34.7 Å². The molecule has 28 heavy (non-hydrogen) atoms. The highest BCUT2D eigenvalue weighted by Crippen LogP contribution is 2.47. The number of aromatic amines is 1. The van der Waals surface area contributed by atoms with Crippen LogP contribution in [-0.4, -0.2) is 17.0 Å². The number of H-pyrrole nitrogens is 1. The Kier molecular flexibility index (Phi) is 3.67. The van der Waals surface area contributed by atoms with Gasteiger partial charge >= 0.3 is 0 Å². The lowest BCUT2D eigenvalue weighted by atomic mass is 9.83. The summed E-state index contributed by atoms with van der Waals surface area (Å²) < 4.78 is 16.5. The minimum absolute atomic E-state index is 0.0341. The SMILES string of the molecule is N#CC1=C(N)Oc2n[nH]c(-c3ccc(Cl)cc3)c2[C@H]1c1ccc2c(c1)OCO2. The van der Waals surface area contributed by atoms with Gasteiger partial charge in [0.15, 0.2) is 11.5 Å². The first-order chi connectivity index (χ1) is 13.7. The summed E-state index contributed by atoms with van der Waals surface area (Å²) in [4.78, 5) is 0. The van der Waals surface area contributed by atoms with E-state index in [0.29, 0.717) is 28.0 Å². The molecule has 1 atom stereocenters. The summed E-state index contributed by atoms with van der Waals surface area (Å²) >= 11 is 6.02. The Morgan fingerprint density at radius 3 is 2.71 bits per heavy atom. The molecule has 0 aliphatic carbocycles. The summed E-state index contributed by atoms with van der Waals surface area (Å²) in [6.07, 6.45) is 0. The van der Waals surface area contributed by atoms with Crippen molar-refractivity contribution in [3.05, 3.63) is 70.1 Å². The maximum Gasteiger partial charge on any atom is 0.244 e. The molecule has 5 rings (SSSR count). The highest BCUT2D eigenvalue weighted by Gasteiger charge is 2.36. The second-order valence-electron chi connectivity index (χ2n) is 6.36. The summed E-state index contributed by atoms with van der Waals surface area (Å²) in [5, 5.41) is 17.7. The molecule has 2 aliphatic rings. The van der Waals surface area contributed by atoms with Crippen molar-refractivity contribution in [1.29, 1.82) is 5.26 Å². The second kappa shape index (κ2) is 6.22. The zero-order valence-corrected chi connectivity index (χ0v) is 15.2. The van der Waals surface area contributed by atoms with Crippen LogP contribution in [0.25, 0.3) is 11.3 Å². The maximum atomic E-state index is 9.78. The Labute approximate surface area is 164 Å². The third kappa shape index (κ3) is 2.47. The van der Waals surface area contributed by atoms with Crippen molar-refractivity contribution in [1.82, 2.24) is 10.2 Å². The van der Waals surface area contributed by atoms with E-state index in [9.17, 15) is 5.26 Å². The van der Waals surface area contributed by atoms with Crippen LogP contribution in [0.15, 0.2) is 53.9 Å². The van der Waals surface area contributed by atoms with Crippen molar-refractivity contribution < 1.29 is 14.2 Å². The molecule has 0 fully saturated rings. The quantitative estimate of drug-likeness (QED) is 0.689. The van der Waals surface area contributed by atoms with Gasteiger partial charge in [0, 0.05) is 10.6 Å². The molecule has 3 N–H and O–H groups in total. The number of hydrogen-bond donors (Lipinski definition) is 2. The number of aromatic nitrogens is 2. The molecule has 0 spiro atoms. The molecule has 0 radical (unpaired) electrons. The third-order valence-electron chi connectivity index (χ3n) is 4.80. The van der Waals surface area contributed by atoms with Gasteiger partial charge in [0.25, 0.3) is 0 Å². The van der Waals surface area contributed by atoms with E-state index in [1.165, 1.54) is 0 Å². The molecule has 1 aromatic heterocycles. The largest absolute Gasteiger partial charge is 0.454 e. The first kappa shape index (κ1) is 16.5. The minimum atomic E-state index is -0.465. The van der Waals surface area contributed by atoms with E-state index < -0.39 is 5.92 Å². The van der Waals surface area contributed by atoms with Crippen molar-refractivity contribution >= 4 is 11.6 Å². The number of nitrogens with two attached hydrogens (primary N) is 1. The lowest BCUT2D eigenvalue weighted by Gasteiger charge is -2.24. The normalized spacial score (nSPS) is 17.1. The zero-order chi connectivity index (χ0) is 19.3. The van der Waals surface area contributed by atoms with Gasteiger partial charge in [-0.1, -0.05) is 29.8 Å². The molecule has 0 amide bonds. The lowest BCUT2D eigenvalue weighted by molar-refractivity contribution is 0.174. The fourth-order valence-electron chi connectivity index (χ4n) is 3.51. The van der Waals surface area contributed by atoms with E-state index in [0.717, 1.165) is 22.4 Å². The summed E-state index contributed by atoms with van der Waals surface area (Å²) in [5.41, 5.74) is 9.48. The fraction of sp³-hybridized carbons (Fsp3) is 0.100. The molecule has 3 aromatic rings. The van der Waals surface area contributed by atoms with E-state index in [4.69, 9.17) is 31.5 Å². The molecule has 2 aromatic carbocycles. The van der Waals surface area contributed by atoms with Gasteiger partial charge in [-0.15, -0.1) is 5.10 Å². The van der Waals surface area contributed by atoms with Crippen LogP contribution in [0.3, 0.4) is 0 Å². The van der Waals surface area contributed by atoms with Crippen LogP contribution in [0.4, 0.5) is 0 Å². The van der Waals surface area contributed by atoms with Crippen LogP contribution in [-0.2, 0) is 0 Å². The molecule has 138 valence electrons. The Morgan fingerprint density at radius 2 is 1.93 bits per heavy atom. The summed E-state index contributed by atoms with van der Waals surface area (Å²) in [6, 6.07) is 15.1.